The molecule has 6 nitrogen and oxygen atoms in total. The standard InChI is InChI=1S/C95H39N5O/c1-8-21-17(3)25-13-27-19(5)23(92(98-27)24-12-31(101)33-20(6)28(99-93(24)33)15-30-22(9-2)18(4)26(97-30)14-29(21)96-25)10-11-32-95-90-84-78-68-56-48-40-36-34-35-38-42(40)50(56)60-54-46(38)47-39(35)43-41-37(34)45-44(36)52-58(48)66-72-62(52)63-53(45)59-49(41)57-51(43)61-55(47)65-64(54)76(70(60)78)86(90)87-77(65)71(61)79-69(57)75-67(59)73(63)81-80(72)88(82(84)74(66)68)94(95,16-100(32)7)89(81)83(75)85(79)91(87)95/h8,13-15,19,23,32,96,99H,1,9-12,16H2,2-7H3/t19-,23-,32?,94?,95?/m0/s1. The molecular weight excluding hydrogens is 1230 g/mol. The van der Waals surface area contributed by atoms with Crippen LogP contribution >= 0.6 is 0 Å². The first kappa shape index (κ1) is 44.0. The summed E-state index contributed by atoms with van der Waals surface area (Å²) in [6.45, 7) is 16.7. The molecule has 0 saturated carbocycles. The van der Waals surface area contributed by atoms with Crippen LogP contribution in [0, 0.1) is 13.8 Å². The van der Waals surface area contributed by atoms with E-state index in [4.69, 9.17) is 9.97 Å². The van der Waals surface area contributed by atoms with Crippen LogP contribution in [-0.2, 0) is 17.3 Å². The number of fused-ring (bicyclic) bond motifs is 8. The fourth-order valence-electron chi connectivity index (χ4n) is 32.4. The van der Waals surface area contributed by atoms with E-state index < -0.39 is 5.41 Å². The molecular formula is C95H39N5O. The van der Waals surface area contributed by atoms with E-state index >= 15 is 4.79 Å². The maximum Gasteiger partial charge on any atom is 0.169 e. The van der Waals surface area contributed by atoms with Gasteiger partial charge in [-0.15, -0.1) is 0 Å². The lowest BCUT2D eigenvalue weighted by molar-refractivity contribution is 0.0999. The highest BCUT2D eigenvalue weighted by Crippen LogP contribution is 2.86. The molecule has 3 atom stereocenters. The molecule has 2 spiro atoms. The second kappa shape index (κ2) is 11.1. The number of allylic oxidation sites excluding steroid dienone is 2. The predicted molar refractivity (Wildman–Crippen MR) is 422 cm³/mol. The molecule has 6 heteroatoms. The molecule has 8 bridgehead atoms. The van der Waals surface area contributed by atoms with E-state index in [1.165, 1.54) is 16.7 Å². The highest BCUT2D eigenvalue weighted by molar-refractivity contribution is 6.82. The van der Waals surface area contributed by atoms with Crippen molar-refractivity contribution in [2.75, 3.05) is 13.6 Å². The minimum Gasteiger partial charge on any atom is -0.355 e. The monoisotopic (exact) mass is 1270 g/mol. The Labute approximate surface area is 562 Å². The van der Waals surface area contributed by atoms with Crippen molar-refractivity contribution in [3.05, 3.63) is 97.6 Å². The third-order valence-corrected chi connectivity index (χ3v) is 34.2. The number of aryl methyl sites for hydroxylation is 2. The van der Waals surface area contributed by atoms with Crippen molar-refractivity contribution in [3.63, 3.8) is 0 Å². The van der Waals surface area contributed by atoms with Gasteiger partial charge in [0, 0.05) is 69.8 Å². The normalized spacial score (nSPS) is 23.0. The number of nitrogens with one attached hydrogen (secondary N) is 2. The number of hydrogen-bond acceptors (Lipinski definition) is 4. The van der Waals surface area contributed by atoms with Gasteiger partial charge in [0.1, 0.15) is 0 Å². The zero-order valence-electron chi connectivity index (χ0n) is 55.0. The van der Waals surface area contributed by atoms with Crippen molar-refractivity contribution < 1.29 is 4.79 Å². The molecule has 1 unspecified atom stereocenters. The van der Waals surface area contributed by atoms with E-state index in [2.05, 4.69) is 81.3 Å². The third-order valence-electron chi connectivity index (χ3n) is 34.2. The number of likely N-dealkylation sites (tertiary alicyclic amines) is 1. The SMILES string of the molecule is C=Cc1c(C)c2cc3nc(c4c5[nH]c(cc6nc(cc1[nH]2)C(C)=C6CC)c(C)c5C(=O)C4)[C@@H](CCC1N(C)CC24c5c6c7c8c9c%10c(c%11c%12c2c2c5c5c%13c6c6c7c7c9c9c%14c%10c%10c%11c%11c%12c%12c2c2c5c5c%13c%13c6c6c7c9c7c9c%14c%10c%10c%11c%11c%12c2c2c5c5c%13c6c7c6c9c%10c%11c2c56)C814)[C@@H]3C. The first-order chi connectivity index (χ1) is 49.7. The molecule has 101 heavy (non-hydrogen) atoms. The maximum absolute atomic E-state index is 15.1. The fraction of sp³-hybridized carbons (Fsp3) is 0.168. The van der Waals surface area contributed by atoms with Crippen LogP contribution in [-0.4, -0.2) is 50.3 Å². The summed E-state index contributed by atoms with van der Waals surface area (Å²) in [5, 5.41) is 89.0. The number of likely N-dealkylation sites (N-methyl/N-ethyl adjacent to an activating group) is 1. The minimum atomic E-state index is -0.401. The molecule has 39 rings (SSSR count). The Morgan fingerprint density at radius 3 is 1.22 bits per heavy atom. The van der Waals surface area contributed by atoms with Gasteiger partial charge in [-0.2, -0.15) is 0 Å². The Morgan fingerprint density at radius 2 is 0.832 bits per heavy atom. The summed E-state index contributed by atoms with van der Waals surface area (Å²) in [6, 6.07) is 6.99. The Hall–Kier alpha value is -11.3. The zero-order valence-corrected chi connectivity index (χ0v) is 55.0. The molecule has 450 valence electrons. The van der Waals surface area contributed by atoms with E-state index in [1.807, 2.05) is 6.08 Å². The molecule has 8 aliphatic rings. The lowest BCUT2D eigenvalue weighted by Crippen LogP contribution is -2.54. The molecule has 5 aliphatic carbocycles. The van der Waals surface area contributed by atoms with Gasteiger partial charge in [-0.05, 0) is 401 Å². The van der Waals surface area contributed by atoms with Crippen molar-refractivity contribution in [1.82, 2.24) is 24.8 Å². The summed E-state index contributed by atoms with van der Waals surface area (Å²) in [7, 11) is 2.62. The molecule has 3 aromatic heterocycles. The average molecular weight is 1270 g/mol. The molecule has 0 amide bonds. The highest BCUT2D eigenvalue weighted by atomic mass is 16.1. The van der Waals surface area contributed by atoms with Gasteiger partial charge in [-0.3, -0.25) is 9.78 Å². The molecule has 0 radical (unpaired) electrons. The molecule has 28 aromatic carbocycles. The number of H-pyrrole nitrogens is 2. The topological polar surface area (TPSA) is 77.7 Å². The number of aromatic amines is 2. The van der Waals surface area contributed by atoms with Gasteiger partial charge in [-0.25, -0.2) is 4.98 Å². The van der Waals surface area contributed by atoms with E-state index in [9.17, 15) is 0 Å². The summed E-state index contributed by atoms with van der Waals surface area (Å²) < 4.78 is 0. The number of rotatable bonds is 5. The number of nitrogens with zero attached hydrogens (tertiary/aromatic N) is 3. The van der Waals surface area contributed by atoms with Gasteiger partial charge >= 0.3 is 0 Å². The summed E-state index contributed by atoms with van der Waals surface area (Å²) in [4.78, 5) is 37.4. The van der Waals surface area contributed by atoms with Crippen LogP contribution in [0.15, 0.2) is 24.8 Å². The highest BCUT2D eigenvalue weighted by Gasteiger charge is 2.75. The van der Waals surface area contributed by atoms with Crippen molar-refractivity contribution in [2.24, 2.45) is 0 Å². The van der Waals surface area contributed by atoms with Gasteiger partial charge in [0.05, 0.1) is 33.4 Å². The summed E-state index contributed by atoms with van der Waals surface area (Å²) in [5.74, 6) is 0.338. The van der Waals surface area contributed by atoms with Gasteiger partial charge in [0.15, 0.2) is 5.78 Å². The first-order valence-electron chi connectivity index (χ1n) is 37.8. The van der Waals surface area contributed by atoms with Gasteiger partial charge in [-0.1, -0.05) is 26.5 Å². The number of ketones is 1. The lowest BCUT2D eigenvalue weighted by Gasteiger charge is -2.52. The Balaban J connectivity index is 0.733. The number of carbonyl (C=O) groups is 1. The Kier molecular flexibility index (Phi) is 4.84. The first-order valence-corrected chi connectivity index (χ1v) is 37.8. The van der Waals surface area contributed by atoms with Gasteiger partial charge < -0.3 is 14.9 Å². The summed E-state index contributed by atoms with van der Waals surface area (Å²) >= 11 is 0. The lowest BCUT2D eigenvalue weighted by atomic mass is 9.48. The number of Topliss-reactive ketones (excluding diaryl/α,β-unsaturated/α-hetero) is 1. The van der Waals surface area contributed by atoms with Crippen molar-refractivity contribution in [2.45, 2.75) is 89.0 Å². The fourth-order valence-corrected chi connectivity index (χ4v) is 32.4. The smallest absolute Gasteiger partial charge is 0.169 e. The van der Waals surface area contributed by atoms with Crippen molar-refractivity contribution in [3.8, 4) is 0 Å². The minimum absolute atomic E-state index is 0.0601. The largest absolute Gasteiger partial charge is 0.355 e. The number of benzene rings is 18. The molecule has 1 fully saturated rings. The molecule has 6 heterocycles. The zero-order chi connectivity index (χ0) is 63.2. The van der Waals surface area contributed by atoms with Crippen LogP contribution in [0.3, 0.4) is 0 Å². The molecule has 1 saturated heterocycles. The van der Waals surface area contributed by atoms with Crippen molar-refractivity contribution >= 4 is 336 Å². The number of aromatic nitrogens is 4. The molecule has 31 aromatic rings. The Morgan fingerprint density at radius 1 is 0.465 bits per heavy atom. The van der Waals surface area contributed by atoms with E-state index in [0.29, 0.717) is 6.42 Å². The van der Waals surface area contributed by atoms with Crippen LogP contribution in [0.1, 0.15) is 130 Å². The van der Waals surface area contributed by atoms with Crippen LogP contribution < -0.4 is 0 Å². The summed E-state index contributed by atoms with van der Waals surface area (Å²) in [6.07, 6.45) is 5.18. The second-order valence-electron chi connectivity index (χ2n) is 35.7. The van der Waals surface area contributed by atoms with Crippen LogP contribution in [0.2, 0.25) is 0 Å². The van der Waals surface area contributed by atoms with Crippen LogP contribution in [0.5, 0.6) is 0 Å². The van der Waals surface area contributed by atoms with Crippen LogP contribution in [0.4, 0.5) is 0 Å². The summed E-state index contributed by atoms with van der Waals surface area (Å²) in [5.41, 5.74) is 22.1. The second-order valence-corrected chi connectivity index (χ2v) is 35.7. The number of carbonyl (C=O) groups excluding carboxylic acids is 1. The average Bonchev–Trinajstić information content (AvgIpc) is 1.38. The number of hydrogen-bond donors (Lipinski definition) is 2. The van der Waals surface area contributed by atoms with Crippen LogP contribution in [0.25, 0.3) is 330 Å². The maximum atomic E-state index is 15.1. The van der Waals surface area contributed by atoms with E-state index in [-0.39, 0.29) is 29.1 Å². The van der Waals surface area contributed by atoms with Gasteiger partial charge in [0.25, 0.3) is 0 Å². The van der Waals surface area contributed by atoms with E-state index in [0.717, 1.165) is 92.9 Å². The molecule has 2 N–H and O–H groups in total. The predicted octanol–water partition coefficient (Wildman–Crippen LogP) is 23.9. The van der Waals surface area contributed by atoms with Gasteiger partial charge in [0.2, 0.25) is 0 Å². The molecule has 3 aliphatic heterocycles. The van der Waals surface area contributed by atoms with E-state index in [1.54, 1.807) is 313 Å². The third kappa shape index (κ3) is 2.92. The quantitative estimate of drug-likeness (QED) is 0.168. The Bertz CT molecular complexity index is 9420. The van der Waals surface area contributed by atoms with Crippen molar-refractivity contribution in [1.29, 1.82) is 0 Å².